The van der Waals surface area contributed by atoms with Gasteiger partial charge in [-0.05, 0) is 66.4 Å². The van der Waals surface area contributed by atoms with Gasteiger partial charge in [0.15, 0.2) is 5.13 Å². The molecule has 1 aromatic heterocycles. The second-order valence-corrected chi connectivity index (χ2v) is 9.39. The average Bonchev–Trinajstić information content (AvgIpc) is 3.44. The van der Waals surface area contributed by atoms with Gasteiger partial charge in [-0.15, -0.1) is 11.3 Å². The number of thiazole rings is 1. The summed E-state index contributed by atoms with van der Waals surface area (Å²) < 4.78 is 11.0. The fourth-order valence-electron chi connectivity index (χ4n) is 3.73. The van der Waals surface area contributed by atoms with E-state index >= 15 is 0 Å². The molecule has 1 heterocycles. The molecule has 3 amide bonds. The number of para-hydroxylation sites is 1. The Morgan fingerprint density at radius 3 is 2.29 bits per heavy atom. The monoisotopic (exact) mass is 530 g/mol. The van der Waals surface area contributed by atoms with Crippen molar-refractivity contribution in [1.82, 2.24) is 4.98 Å². The lowest BCUT2D eigenvalue weighted by Gasteiger charge is -2.12. The van der Waals surface area contributed by atoms with Gasteiger partial charge < -0.3 is 20.1 Å². The number of urea groups is 1. The van der Waals surface area contributed by atoms with E-state index in [1.54, 1.807) is 19.4 Å². The molecule has 0 aliphatic rings. The summed E-state index contributed by atoms with van der Waals surface area (Å²) in [7, 11) is 1.66. The van der Waals surface area contributed by atoms with Crippen LogP contribution in [0.5, 0.6) is 5.75 Å². The summed E-state index contributed by atoms with van der Waals surface area (Å²) in [6.45, 7) is 1.10. The van der Waals surface area contributed by atoms with Gasteiger partial charge in [0.2, 0.25) is 0 Å². The van der Waals surface area contributed by atoms with Crippen LogP contribution in [0.4, 0.5) is 21.3 Å². The second-order valence-electron chi connectivity index (χ2n) is 8.49. The topological polar surface area (TPSA) is 102 Å². The Bertz CT molecular complexity index is 1310. The molecule has 0 radical (unpaired) electrons. The molecule has 3 aromatic carbocycles. The molecule has 0 bridgehead atoms. The zero-order valence-corrected chi connectivity index (χ0v) is 21.9. The highest BCUT2D eigenvalue weighted by atomic mass is 32.1. The molecular weight excluding hydrogens is 500 g/mol. The Labute approximate surface area is 226 Å². The van der Waals surface area contributed by atoms with E-state index in [4.69, 9.17) is 9.47 Å². The lowest BCUT2D eigenvalue weighted by Crippen LogP contribution is -2.19. The standard InChI is InChI=1S/C29H30N4O4S/c1-36-15-5-16-37-26-19-22(18-23(20-26)27(34)33-29-30-14-17-38-29)9-8-21-10-12-25(13-11-21)32-28(35)31-24-6-3-2-4-7-24/h2-4,6-7,10-14,17-20H,5,8-9,15-16H2,1H3,(H,30,33,34)(H2,31,32,35). The normalized spacial score (nSPS) is 10.6. The number of anilines is 3. The van der Waals surface area contributed by atoms with Crippen molar-refractivity contribution in [3.05, 3.63) is 101 Å². The number of nitrogens with zero attached hydrogens (tertiary/aromatic N) is 1. The molecule has 0 unspecified atom stereocenters. The first kappa shape index (κ1) is 26.8. The Morgan fingerprint density at radius 1 is 0.842 bits per heavy atom. The van der Waals surface area contributed by atoms with E-state index in [1.165, 1.54) is 11.3 Å². The highest BCUT2D eigenvalue weighted by molar-refractivity contribution is 7.13. The first-order valence-corrected chi connectivity index (χ1v) is 13.2. The van der Waals surface area contributed by atoms with Crippen LogP contribution in [0.2, 0.25) is 0 Å². The number of hydrogen-bond acceptors (Lipinski definition) is 6. The summed E-state index contributed by atoms with van der Waals surface area (Å²) in [5.41, 5.74) is 4.05. The van der Waals surface area contributed by atoms with Gasteiger partial charge >= 0.3 is 6.03 Å². The predicted octanol–water partition coefficient (Wildman–Crippen LogP) is 6.24. The summed E-state index contributed by atoms with van der Waals surface area (Å²) in [6, 6.07) is 22.3. The maximum Gasteiger partial charge on any atom is 0.323 e. The highest BCUT2D eigenvalue weighted by Gasteiger charge is 2.12. The van der Waals surface area contributed by atoms with Crippen LogP contribution in [0, 0.1) is 0 Å². The van der Waals surface area contributed by atoms with Crippen LogP contribution in [0.3, 0.4) is 0 Å². The SMILES string of the molecule is COCCCOc1cc(CCc2ccc(NC(=O)Nc3ccccc3)cc2)cc(C(=O)Nc2nccs2)c1. The molecule has 0 spiro atoms. The number of carbonyl (C=O) groups is 2. The molecule has 4 rings (SSSR count). The molecule has 0 atom stereocenters. The van der Waals surface area contributed by atoms with E-state index in [0.717, 1.165) is 29.7 Å². The molecule has 0 aliphatic carbocycles. The predicted molar refractivity (Wildman–Crippen MR) is 151 cm³/mol. The third-order valence-electron chi connectivity index (χ3n) is 5.59. The number of rotatable bonds is 12. The fraction of sp³-hybridized carbons (Fsp3) is 0.207. The lowest BCUT2D eigenvalue weighted by molar-refractivity contribution is 0.102. The largest absolute Gasteiger partial charge is 0.493 e. The number of ether oxygens (including phenoxy) is 2. The molecule has 196 valence electrons. The van der Waals surface area contributed by atoms with Crippen molar-refractivity contribution in [3.63, 3.8) is 0 Å². The highest BCUT2D eigenvalue weighted by Crippen LogP contribution is 2.22. The van der Waals surface area contributed by atoms with E-state index in [-0.39, 0.29) is 11.9 Å². The van der Waals surface area contributed by atoms with Crippen molar-refractivity contribution in [1.29, 1.82) is 0 Å². The van der Waals surface area contributed by atoms with Crippen LogP contribution < -0.4 is 20.7 Å². The van der Waals surface area contributed by atoms with Crippen LogP contribution in [-0.2, 0) is 17.6 Å². The number of aromatic nitrogens is 1. The van der Waals surface area contributed by atoms with Crippen molar-refractivity contribution < 1.29 is 19.1 Å². The molecular formula is C29H30N4O4S. The number of methoxy groups -OCH3 is 1. The van der Waals surface area contributed by atoms with E-state index in [0.29, 0.717) is 41.8 Å². The maximum absolute atomic E-state index is 12.8. The zero-order chi connectivity index (χ0) is 26.6. The minimum atomic E-state index is -0.296. The van der Waals surface area contributed by atoms with Gasteiger partial charge in [-0.25, -0.2) is 9.78 Å². The van der Waals surface area contributed by atoms with Gasteiger partial charge in [-0.1, -0.05) is 30.3 Å². The summed E-state index contributed by atoms with van der Waals surface area (Å²) in [5.74, 6) is 0.416. The Hall–Kier alpha value is -4.21. The van der Waals surface area contributed by atoms with E-state index in [2.05, 4.69) is 20.9 Å². The second kappa shape index (κ2) is 13.9. The first-order chi connectivity index (χ1) is 18.6. The number of amides is 3. The van der Waals surface area contributed by atoms with Crippen molar-refractivity contribution in [2.75, 3.05) is 36.3 Å². The van der Waals surface area contributed by atoms with Crippen molar-refractivity contribution in [2.24, 2.45) is 0 Å². The summed E-state index contributed by atoms with van der Waals surface area (Å²) in [5, 5.41) is 10.8. The molecule has 4 aromatic rings. The van der Waals surface area contributed by atoms with Crippen molar-refractivity contribution in [3.8, 4) is 5.75 Å². The molecule has 8 nitrogen and oxygen atoms in total. The first-order valence-electron chi connectivity index (χ1n) is 12.3. The molecule has 0 aliphatic heterocycles. The van der Waals surface area contributed by atoms with E-state index in [9.17, 15) is 9.59 Å². The Balaban J connectivity index is 1.37. The van der Waals surface area contributed by atoms with Crippen LogP contribution in [0.15, 0.2) is 84.4 Å². The van der Waals surface area contributed by atoms with Crippen molar-refractivity contribution in [2.45, 2.75) is 19.3 Å². The quantitative estimate of drug-likeness (QED) is 0.188. The average molecular weight is 531 g/mol. The minimum Gasteiger partial charge on any atom is -0.493 e. The number of benzene rings is 3. The van der Waals surface area contributed by atoms with Gasteiger partial charge in [-0.2, -0.15) is 0 Å². The van der Waals surface area contributed by atoms with Gasteiger partial charge in [0.1, 0.15) is 5.75 Å². The van der Waals surface area contributed by atoms with Crippen LogP contribution >= 0.6 is 11.3 Å². The van der Waals surface area contributed by atoms with Crippen LogP contribution in [0.1, 0.15) is 27.9 Å². The number of nitrogens with one attached hydrogen (secondary N) is 3. The lowest BCUT2D eigenvalue weighted by atomic mass is 10.0. The van der Waals surface area contributed by atoms with Crippen LogP contribution in [-0.4, -0.2) is 37.2 Å². The van der Waals surface area contributed by atoms with Crippen LogP contribution in [0.25, 0.3) is 0 Å². The molecule has 9 heteroatoms. The smallest absolute Gasteiger partial charge is 0.323 e. The van der Waals surface area contributed by atoms with Crippen molar-refractivity contribution >= 4 is 39.8 Å². The Kier molecular flexibility index (Phi) is 9.83. The van der Waals surface area contributed by atoms with Gasteiger partial charge in [0, 0.05) is 48.7 Å². The number of carbonyl (C=O) groups excluding carboxylic acids is 2. The van der Waals surface area contributed by atoms with Gasteiger partial charge in [-0.3, -0.25) is 10.1 Å². The van der Waals surface area contributed by atoms with Gasteiger partial charge in [0.05, 0.1) is 6.61 Å². The summed E-state index contributed by atoms with van der Waals surface area (Å²) >= 11 is 1.37. The molecule has 0 fully saturated rings. The molecule has 38 heavy (non-hydrogen) atoms. The number of hydrogen-bond donors (Lipinski definition) is 3. The third-order valence-corrected chi connectivity index (χ3v) is 6.28. The van der Waals surface area contributed by atoms with E-state index < -0.39 is 0 Å². The molecule has 3 N–H and O–H groups in total. The zero-order valence-electron chi connectivity index (χ0n) is 21.1. The summed E-state index contributed by atoms with van der Waals surface area (Å²) in [6.07, 6.45) is 3.88. The molecule has 0 saturated heterocycles. The number of aryl methyl sites for hydroxylation is 2. The van der Waals surface area contributed by atoms with Gasteiger partial charge in [0.25, 0.3) is 5.91 Å². The Morgan fingerprint density at radius 2 is 1.58 bits per heavy atom. The molecule has 0 saturated carbocycles. The third kappa shape index (κ3) is 8.43. The summed E-state index contributed by atoms with van der Waals surface area (Å²) in [4.78, 5) is 29.2. The minimum absolute atomic E-state index is 0.229. The van der Waals surface area contributed by atoms with E-state index in [1.807, 2.05) is 72.1 Å². The fourth-order valence-corrected chi connectivity index (χ4v) is 4.25. The maximum atomic E-state index is 12.8.